The van der Waals surface area contributed by atoms with Crippen molar-refractivity contribution in [3.8, 4) is 0 Å². The molecule has 1 fully saturated rings. The fraction of sp³-hybridized carbons (Fsp3) is 0.810. The molecule has 0 aromatic heterocycles. The van der Waals surface area contributed by atoms with Crippen LogP contribution in [0.4, 0.5) is 8.78 Å². The smallest absolute Gasteiger partial charge is 0.392 e. The molecule has 2 rings (SSSR count). The second-order valence-corrected chi connectivity index (χ2v) is 13.2. The van der Waals surface area contributed by atoms with Gasteiger partial charge in [0.1, 0.15) is 23.9 Å². The van der Waals surface area contributed by atoms with E-state index in [1.54, 1.807) is 27.7 Å². The van der Waals surface area contributed by atoms with Crippen LogP contribution in [0.25, 0.3) is 0 Å². The molecular formula is C21H35F2N2O8PS. The molecule has 0 amide bonds. The van der Waals surface area contributed by atoms with Gasteiger partial charge in [-0.25, -0.2) is 18.3 Å². The summed E-state index contributed by atoms with van der Waals surface area (Å²) in [6.45, 7) is 2.14. The Morgan fingerprint density at radius 1 is 1.31 bits per heavy atom. The van der Waals surface area contributed by atoms with Gasteiger partial charge >= 0.3 is 12.8 Å². The molecule has 202 valence electrons. The number of esters is 1. The number of halogens is 2. The fourth-order valence-corrected chi connectivity index (χ4v) is 6.44. The number of aliphatic imine (C=N–C) groups is 1. The Morgan fingerprint density at radius 3 is 2.54 bits per heavy atom. The zero-order valence-corrected chi connectivity index (χ0v) is 22.5. The maximum atomic E-state index is 15.1. The van der Waals surface area contributed by atoms with E-state index in [2.05, 4.69) is 4.99 Å². The lowest BCUT2D eigenvalue weighted by Gasteiger charge is -2.26. The number of rotatable bonds is 12. The summed E-state index contributed by atoms with van der Waals surface area (Å²) in [6, 6.07) is 0. The van der Waals surface area contributed by atoms with E-state index in [-0.39, 0.29) is 24.9 Å². The highest BCUT2D eigenvalue weighted by Gasteiger charge is 2.50. The summed E-state index contributed by atoms with van der Waals surface area (Å²) < 4.78 is 75.5. The summed E-state index contributed by atoms with van der Waals surface area (Å²) in [6.07, 6.45) is -5.72. The summed E-state index contributed by atoms with van der Waals surface area (Å²) in [5.41, 5.74) is 5.18. The molecule has 2 N–H and O–H groups in total. The van der Waals surface area contributed by atoms with Gasteiger partial charge in [0.25, 0.3) is 0 Å². The number of allylic oxidation sites excluding steroid dienone is 2. The summed E-state index contributed by atoms with van der Waals surface area (Å²) >= 11 is 0.558. The van der Waals surface area contributed by atoms with E-state index >= 15 is 4.39 Å². The topological polar surface area (TPSA) is 128 Å². The van der Waals surface area contributed by atoms with E-state index in [0.29, 0.717) is 23.4 Å². The van der Waals surface area contributed by atoms with Crippen LogP contribution >= 0.6 is 18.2 Å². The van der Waals surface area contributed by atoms with Crippen molar-refractivity contribution < 1.29 is 46.1 Å². The summed E-state index contributed by atoms with van der Waals surface area (Å²) in [7, 11) is 2.76. The summed E-state index contributed by atoms with van der Waals surface area (Å²) in [5, 5.41) is 0. The van der Waals surface area contributed by atoms with Crippen LogP contribution < -0.4 is 5.73 Å². The fourth-order valence-electron chi connectivity index (χ4n) is 3.60. The molecule has 10 nitrogen and oxygen atoms in total. The minimum atomic E-state index is -4.19. The van der Waals surface area contributed by atoms with E-state index in [1.807, 2.05) is 0 Å². The quantitative estimate of drug-likeness (QED) is 0.128. The van der Waals surface area contributed by atoms with E-state index in [1.165, 1.54) is 14.2 Å². The van der Waals surface area contributed by atoms with Crippen molar-refractivity contribution in [3.05, 3.63) is 11.3 Å². The van der Waals surface area contributed by atoms with Gasteiger partial charge < -0.3 is 29.2 Å². The number of methoxy groups -OCH3 is 2. The third-order valence-electron chi connectivity index (χ3n) is 5.41. The van der Waals surface area contributed by atoms with E-state index in [4.69, 9.17) is 33.7 Å². The van der Waals surface area contributed by atoms with Gasteiger partial charge in [0.15, 0.2) is 18.6 Å². The number of alkyl halides is 2. The predicted octanol–water partition coefficient (Wildman–Crippen LogP) is 3.75. The molecular weight excluding hydrogens is 509 g/mol. The van der Waals surface area contributed by atoms with Crippen molar-refractivity contribution >= 4 is 30.5 Å². The molecule has 1 aliphatic carbocycles. The number of hydrogen-bond donors (Lipinski definition) is 1. The van der Waals surface area contributed by atoms with E-state index < -0.39 is 54.9 Å². The SMILES string of the molecule is COC[C@H]1O[C@@H](N=CN)C(F)C1OP(=O)(OC[C@H]1CC(C)=C(OC)C1F)SCOC(=O)C(C)(C)C. The Balaban J connectivity index is 2.17. The van der Waals surface area contributed by atoms with Crippen molar-refractivity contribution in [3.63, 3.8) is 0 Å². The van der Waals surface area contributed by atoms with Crippen LogP contribution in [-0.2, 0) is 37.4 Å². The third kappa shape index (κ3) is 7.87. The number of nitrogens with zero attached hydrogens (tertiary/aromatic N) is 1. The average Bonchev–Trinajstić information content (AvgIpc) is 3.21. The molecule has 0 bridgehead atoms. The van der Waals surface area contributed by atoms with Crippen LogP contribution in [-0.4, -0.2) is 76.5 Å². The molecule has 1 heterocycles. The highest BCUT2D eigenvalue weighted by Crippen LogP contribution is 2.63. The minimum absolute atomic E-state index is 0.0825. The van der Waals surface area contributed by atoms with Gasteiger partial charge in [-0.3, -0.25) is 9.32 Å². The lowest BCUT2D eigenvalue weighted by atomic mass is 9.98. The van der Waals surface area contributed by atoms with Crippen molar-refractivity contribution in [2.75, 3.05) is 33.4 Å². The molecule has 7 atom stereocenters. The van der Waals surface area contributed by atoms with Crippen LogP contribution in [0.2, 0.25) is 0 Å². The number of carbonyl (C=O) groups excluding carboxylic acids is 1. The molecule has 35 heavy (non-hydrogen) atoms. The standard InChI is InChI=1S/C21H35F2N2O8PS/c1-12-7-13(15(22)17(12)29-6)8-31-34(27,35-11-30-20(26)21(2,3)4)33-18-14(9-28-5)32-19(16(18)23)25-10-24/h10,13-16,18-19H,7-9,11H2,1-6H3,(H2,24,25)/t13-,14-,15?,16?,18?,19-,34?/m1/s1. The third-order valence-corrected chi connectivity index (χ3v) is 8.76. The Morgan fingerprint density at radius 2 is 2.00 bits per heavy atom. The Kier molecular flexibility index (Phi) is 11.0. The van der Waals surface area contributed by atoms with Gasteiger partial charge in [0.2, 0.25) is 0 Å². The van der Waals surface area contributed by atoms with Crippen LogP contribution in [0.15, 0.2) is 16.3 Å². The van der Waals surface area contributed by atoms with Crippen LogP contribution in [0, 0.1) is 11.3 Å². The van der Waals surface area contributed by atoms with Crippen LogP contribution in [0.3, 0.4) is 0 Å². The first kappa shape index (κ1) is 30.0. The molecule has 4 unspecified atom stereocenters. The van der Waals surface area contributed by atoms with Gasteiger partial charge in [0.05, 0.1) is 32.1 Å². The number of nitrogens with two attached hydrogens (primary N) is 1. The van der Waals surface area contributed by atoms with Gasteiger partial charge in [-0.05, 0) is 39.7 Å². The van der Waals surface area contributed by atoms with Crippen LogP contribution in [0.1, 0.15) is 34.1 Å². The van der Waals surface area contributed by atoms with Crippen molar-refractivity contribution in [1.82, 2.24) is 0 Å². The van der Waals surface area contributed by atoms with Gasteiger partial charge in [0, 0.05) is 24.4 Å². The molecule has 1 aliphatic heterocycles. The molecule has 0 spiro atoms. The molecule has 0 saturated carbocycles. The molecule has 0 aromatic rings. The Labute approximate surface area is 208 Å². The van der Waals surface area contributed by atoms with Crippen molar-refractivity contribution in [2.24, 2.45) is 22.1 Å². The Bertz CT molecular complexity index is 841. The first-order valence-electron chi connectivity index (χ1n) is 11.0. The molecule has 1 saturated heterocycles. The lowest BCUT2D eigenvalue weighted by Crippen LogP contribution is -2.34. The number of ether oxygens (including phenoxy) is 4. The number of carbonyl (C=O) groups is 1. The van der Waals surface area contributed by atoms with Crippen molar-refractivity contribution in [1.29, 1.82) is 0 Å². The highest BCUT2D eigenvalue weighted by molar-refractivity contribution is 8.55. The molecule has 0 radical (unpaired) electrons. The largest absolute Gasteiger partial charge is 0.498 e. The highest BCUT2D eigenvalue weighted by atomic mass is 32.7. The lowest BCUT2D eigenvalue weighted by molar-refractivity contribution is -0.150. The zero-order valence-electron chi connectivity index (χ0n) is 20.8. The molecule has 14 heteroatoms. The molecule has 0 aromatic carbocycles. The maximum Gasteiger partial charge on any atom is 0.392 e. The first-order chi connectivity index (χ1) is 16.4. The van der Waals surface area contributed by atoms with Gasteiger partial charge in [-0.1, -0.05) is 0 Å². The average molecular weight is 545 g/mol. The normalized spacial score (nSPS) is 31.2. The monoisotopic (exact) mass is 544 g/mol. The van der Waals surface area contributed by atoms with Gasteiger partial charge in [-0.15, -0.1) is 0 Å². The second kappa shape index (κ2) is 12.8. The van der Waals surface area contributed by atoms with Gasteiger partial charge in [-0.2, -0.15) is 0 Å². The van der Waals surface area contributed by atoms with E-state index in [0.717, 1.165) is 6.34 Å². The minimum Gasteiger partial charge on any atom is -0.498 e. The maximum absolute atomic E-state index is 15.1. The summed E-state index contributed by atoms with van der Waals surface area (Å²) in [4.78, 5) is 15.8. The van der Waals surface area contributed by atoms with Crippen LogP contribution in [0.5, 0.6) is 0 Å². The predicted molar refractivity (Wildman–Crippen MR) is 127 cm³/mol. The first-order valence-corrected chi connectivity index (χ1v) is 14.1. The summed E-state index contributed by atoms with van der Waals surface area (Å²) in [5.74, 6) is -1.40. The Hall–Kier alpha value is -1.24. The second-order valence-electron chi connectivity index (χ2n) is 9.22. The zero-order chi connectivity index (χ0) is 26.4. The molecule has 2 aliphatic rings. The van der Waals surface area contributed by atoms with E-state index in [9.17, 15) is 13.8 Å². The number of hydrogen-bond acceptors (Lipinski definition) is 10. The van der Waals surface area contributed by atoms with Crippen molar-refractivity contribution in [2.45, 2.75) is 64.9 Å².